The lowest BCUT2D eigenvalue weighted by molar-refractivity contribution is -0.120. The Morgan fingerprint density at radius 1 is 1.10 bits per heavy atom. The van der Waals surface area contributed by atoms with Crippen LogP contribution in [-0.2, 0) is 28.7 Å². The predicted octanol–water partition coefficient (Wildman–Crippen LogP) is 6.02. The minimum atomic E-state index is -2.08. The molecule has 39 heavy (non-hydrogen) atoms. The fourth-order valence-electron chi connectivity index (χ4n) is 5.01. The van der Waals surface area contributed by atoms with Crippen molar-refractivity contribution in [3.63, 3.8) is 0 Å². The van der Waals surface area contributed by atoms with E-state index >= 15 is 0 Å². The van der Waals surface area contributed by atoms with Gasteiger partial charge in [-0.25, -0.2) is 0 Å². The largest absolute Gasteiger partial charge is 0.508 e. The molecular weight excluding hydrogens is 504 g/mol. The molecule has 3 rings (SSSR count). The molecule has 0 bridgehead atoms. The van der Waals surface area contributed by atoms with E-state index in [0.29, 0.717) is 24.4 Å². The van der Waals surface area contributed by atoms with Crippen molar-refractivity contribution >= 4 is 14.2 Å². The normalized spacial score (nSPS) is 16.3. The molecule has 1 aliphatic rings. The van der Waals surface area contributed by atoms with Gasteiger partial charge in [-0.2, -0.15) is 0 Å². The highest BCUT2D eigenvalue weighted by molar-refractivity contribution is 6.74. The van der Waals surface area contributed by atoms with Gasteiger partial charge in [0.15, 0.2) is 8.32 Å². The Kier molecular flexibility index (Phi) is 11.2. The molecule has 0 saturated heterocycles. The first-order valence-corrected chi connectivity index (χ1v) is 17.5. The van der Waals surface area contributed by atoms with E-state index in [1.807, 2.05) is 24.3 Å². The first-order valence-electron chi connectivity index (χ1n) is 14.6. The standard InChI is InChI=1S/C32H50N2O4Si/c1-23(16-25-12-9-13-26(17-25)18-31(37)34-20-24-10-7-8-11-24)33-21-30(38-39(5,6)32(2,3)4)27-14-15-29(36)28(19-27)22-35/h9,12-15,17,19,23-24,30,33,35-36H,7-8,10-11,16,18,20-22H2,1-6H3,(H,34,37)/t23-,30-/m1/s1. The van der Waals surface area contributed by atoms with Crippen LogP contribution in [0.2, 0.25) is 18.1 Å². The van der Waals surface area contributed by atoms with Gasteiger partial charge in [0.2, 0.25) is 5.91 Å². The molecule has 2 aromatic rings. The average Bonchev–Trinajstić information content (AvgIpc) is 3.39. The average molecular weight is 555 g/mol. The fourth-order valence-corrected chi connectivity index (χ4v) is 6.30. The number of rotatable bonds is 13. The maximum Gasteiger partial charge on any atom is 0.224 e. The van der Waals surface area contributed by atoms with Crippen LogP contribution in [0.5, 0.6) is 5.75 Å². The van der Waals surface area contributed by atoms with Gasteiger partial charge in [0.1, 0.15) is 5.75 Å². The van der Waals surface area contributed by atoms with Crippen molar-refractivity contribution in [2.24, 2.45) is 5.92 Å². The molecule has 1 fully saturated rings. The minimum absolute atomic E-state index is 0.0530. The zero-order valence-corrected chi connectivity index (χ0v) is 25.8. The number of phenols is 1. The number of aliphatic hydroxyl groups is 1. The highest BCUT2D eigenvalue weighted by Crippen LogP contribution is 2.40. The van der Waals surface area contributed by atoms with Crippen molar-refractivity contribution in [1.82, 2.24) is 10.6 Å². The highest BCUT2D eigenvalue weighted by atomic mass is 28.4. The summed E-state index contributed by atoms with van der Waals surface area (Å²) >= 11 is 0. The van der Waals surface area contributed by atoms with E-state index in [0.717, 1.165) is 24.1 Å². The summed E-state index contributed by atoms with van der Waals surface area (Å²) in [5.74, 6) is 0.848. The van der Waals surface area contributed by atoms with Crippen molar-refractivity contribution in [3.8, 4) is 5.75 Å². The zero-order valence-electron chi connectivity index (χ0n) is 24.8. The van der Waals surface area contributed by atoms with Gasteiger partial charge < -0.3 is 25.3 Å². The molecule has 1 amide bonds. The summed E-state index contributed by atoms with van der Waals surface area (Å²) in [6, 6.07) is 13.9. The van der Waals surface area contributed by atoms with Crippen LogP contribution < -0.4 is 10.6 Å². The molecule has 4 N–H and O–H groups in total. The fraction of sp³-hybridized carbons (Fsp3) is 0.594. The first kappa shape index (κ1) is 31.3. The van der Waals surface area contributed by atoms with Crippen molar-refractivity contribution in [3.05, 3.63) is 64.7 Å². The summed E-state index contributed by atoms with van der Waals surface area (Å²) in [6.07, 6.45) is 6.10. The molecule has 216 valence electrons. The molecule has 1 aliphatic carbocycles. The molecular formula is C32H50N2O4Si. The smallest absolute Gasteiger partial charge is 0.224 e. The third kappa shape index (κ3) is 9.45. The van der Waals surface area contributed by atoms with Crippen molar-refractivity contribution in [2.45, 2.75) is 103 Å². The molecule has 0 aliphatic heterocycles. The van der Waals surface area contributed by atoms with Gasteiger partial charge in [-0.05, 0) is 79.1 Å². The molecule has 2 aromatic carbocycles. The van der Waals surface area contributed by atoms with Crippen LogP contribution in [0.3, 0.4) is 0 Å². The summed E-state index contributed by atoms with van der Waals surface area (Å²) in [7, 11) is -2.08. The Balaban J connectivity index is 1.61. The molecule has 0 unspecified atom stereocenters. The van der Waals surface area contributed by atoms with Gasteiger partial charge in [-0.1, -0.05) is 63.9 Å². The van der Waals surface area contributed by atoms with Crippen LogP contribution >= 0.6 is 0 Å². The zero-order chi connectivity index (χ0) is 28.6. The Hall–Kier alpha value is -2.19. The van der Waals surface area contributed by atoms with Crippen LogP contribution in [0.4, 0.5) is 0 Å². The van der Waals surface area contributed by atoms with E-state index in [1.165, 1.54) is 31.2 Å². The number of hydrogen-bond acceptors (Lipinski definition) is 5. The van der Waals surface area contributed by atoms with Crippen LogP contribution in [0.15, 0.2) is 42.5 Å². The number of aliphatic hydroxyl groups excluding tert-OH is 1. The van der Waals surface area contributed by atoms with E-state index in [9.17, 15) is 15.0 Å². The third-order valence-corrected chi connectivity index (χ3v) is 13.0. The Bertz CT molecular complexity index is 1080. The van der Waals surface area contributed by atoms with Crippen LogP contribution in [0.25, 0.3) is 0 Å². The molecule has 0 heterocycles. The second-order valence-corrected chi connectivity index (χ2v) is 17.6. The Labute approximate surface area is 236 Å². The number of hydrogen-bond donors (Lipinski definition) is 4. The number of nitrogens with one attached hydrogen (secondary N) is 2. The summed E-state index contributed by atoms with van der Waals surface area (Å²) in [5, 5.41) is 26.6. The molecule has 0 spiro atoms. The molecule has 6 nitrogen and oxygen atoms in total. The van der Waals surface area contributed by atoms with Gasteiger partial charge in [0, 0.05) is 24.7 Å². The second kappa shape index (κ2) is 13.9. The van der Waals surface area contributed by atoms with Gasteiger partial charge in [0.25, 0.3) is 0 Å². The number of carbonyl (C=O) groups is 1. The maximum absolute atomic E-state index is 12.5. The SMILES string of the molecule is C[C@H](Cc1cccc(CC(=O)NCC2CCCC2)c1)NC[C@@H](O[Si](C)(C)C(C)(C)C)c1ccc(O)c(CO)c1. The molecule has 7 heteroatoms. The van der Waals surface area contributed by atoms with Gasteiger partial charge >= 0.3 is 0 Å². The van der Waals surface area contributed by atoms with Gasteiger partial charge in [-0.3, -0.25) is 4.79 Å². The summed E-state index contributed by atoms with van der Waals surface area (Å²) in [5.41, 5.74) is 3.70. The number of carbonyl (C=O) groups excluding carboxylic acids is 1. The Morgan fingerprint density at radius 2 is 1.79 bits per heavy atom. The van der Waals surface area contributed by atoms with Crippen LogP contribution in [0, 0.1) is 5.92 Å². The summed E-state index contributed by atoms with van der Waals surface area (Å²) in [6.45, 7) is 14.5. The highest BCUT2D eigenvalue weighted by Gasteiger charge is 2.39. The molecule has 2 atom stereocenters. The molecule has 0 aromatic heterocycles. The summed E-state index contributed by atoms with van der Waals surface area (Å²) in [4.78, 5) is 12.5. The molecule has 1 saturated carbocycles. The molecule has 0 radical (unpaired) electrons. The second-order valence-electron chi connectivity index (χ2n) is 12.9. The predicted molar refractivity (Wildman–Crippen MR) is 161 cm³/mol. The van der Waals surface area contributed by atoms with E-state index in [1.54, 1.807) is 6.07 Å². The maximum atomic E-state index is 12.5. The number of aromatic hydroxyl groups is 1. The summed E-state index contributed by atoms with van der Waals surface area (Å²) < 4.78 is 6.82. The quantitative estimate of drug-likeness (QED) is 0.227. The lowest BCUT2D eigenvalue weighted by Crippen LogP contribution is -2.44. The van der Waals surface area contributed by atoms with E-state index in [-0.39, 0.29) is 35.4 Å². The Morgan fingerprint density at radius 3 is 2.46 bits per heavy atom. The van der Waals surface area contributed by atoms with E-state index < -0.39 is 8.32 Å². The van der Waals surface area contributed by atoms with E-state index in [4.69, 9.17) is 4.43 Å². The third-order valence-electron chi connectivity index (χ3n) is 8.50. The van der Waals surface area contributed by atoms with Crippen molar-refractivity contribution in [2.75, 3.05) is 13.1 Å². The lowest BCUT2D eigenvalue weighted by Gasteiger charge is -2.40. The van der Waals surface area contributed by atoms with Gasteiger partial charge in [-0.15, -0.1) is 0 Å². The first-order chi connectivity index (χ1) is 18.4. The number of amides is 1. The van der Waals surface area contributed by atoms with Crippen LogP contribution in [0.1, 0.15) is 81.7 Å². The van der Waals surface area contributed by atoms with E-state index in [2.05, 4.69) is 63.6 Å². The van der Waals surface area contributed by atoms with Crippen LogP contribution in [-0.4, -0.2) is 43.6 Å². The monoisotopic (exact) mass is 554 g/mol. The minimum Gasteiger partial charge on any atom is -0.508 e. The lowest BCUT2D eigenvalue weighted by atomic mass is 10.0. The number of benzene rings is 2. The van der Waals surface area contributed by atoms with Crippen molar-refractivity contribution in [1.29, 1.82) is 0 Å². The van der Waals surface area contributed by atoms with Crippen molar-refractivity contribution < 1.29 is 19.4 Å². The topological polar surface area (TPSA) is 90.8 Å². The van der Waals surface area contributed by atoms with Gasteiger partial charge in [0.05, 0.1) is 19.1 Å².